The van der Waals surface area contributed by atoms with E-state index in [0.717, 1.165) is 6.07 Å². The minimum atomic E-state index is -4.84. The molecule has 11 heteroatoms. The number of alkyl halides is 3. The lowest BCUT2D eigenvalue weighted by Crippen LogP contribution is -2.55. The van der Waals surface area contributed by atoms with Gasteiger partial charge in [-0.1, -0.05) is 0 Å². The third kappa shape index (κ3) is 3.24. The number of carbonyl (C=O) groups is 2. The lowest BCUT2D eigenvalue weighted by atomic mass is 9.75. The van der Waals surface area contributed by atoms with E-state index < -0.39 is 28.7 Å². The van der Waals surface area contributed by atoms with Crippen molar-refractivity contribution in [1.29, 1.82) is 5.26 Å². The van der Waals surface area contributed by atoms with Crippen LogP contribution in [-0.2, 0) is 11.0 Å². The number of rotatable bonds is 3. The molecule has 1 aliphatic carbocycles. The average Bonchev–Trinajstić information content (AvgIpc) is 2.93. The number of pyridine rings is 1. The number of hydrogen-bond donors (Lipinski definition) is 1. The predicted molar refractivity (Wildman–Crippen MR) is 118 cm³/mol. The van der Waals surface area contributed by atoms with E-state index in [-0.39, 0.29) is 28.0 Å². The van der Waals surface area contributed by atoms with Crippen LogP contribution in [-0.4, -0.2) is 27.4 Å². The highest BCUT2D eigenvalue weighted by Gasteiger charge is 2.60. The number of halogens is 3. The van der Waals surface area contributed by atoms with E-state index >= 15 is 0 Å². The van der Waals surface area contributed by atoms with Crippen molar-refractivity contribution in [3.63, 3.8) is 0 Å². The molecule has 0 unspecified atom stereocenters. The Hall–Kier alpha value is -3.52. The summed E-state index contributed by atoms with van der Waals surface area (Å²) in [5, 5.41) is 9.14. The molecule has 2 aliphatic rings. The zero-order valence-electron chi connectivity index (χ0n) is 17.7. The molecule has 1 spiro atoms. The molecule has 1 aromatic carbocycles. The number of aryl methyl sites for hydroxylation is 1. The molecule has 0 atom stereocenters. The number of nitrogens with two attached hydrogens (primary N) is 1. The van der Waals surface area contributed by atoms with Crippen LogP contribution < -0.4 is 15.5 Å². The zero-order valence-corrected chi connectivity index (χ0v) is 18.5. The maximum Gasteiger partial charge on any atom is 0.417 e. The van der Waals surface area contributed by atoms with Gasteiger partial charge in [0.15, 0.2) is 5.11 Å². The number of amides is 2. The van der Waals surface area contributed by atoms with Gasteiger partial charge in [0.1, 0.15) is 17.3 Å². The number of anilines is 2. The van der Waals surface area contributed by atoms with E-state index in [1.165, 1.54) is 29.0 Å². The molecule has 2 aromatic rings. The number of thiocarbonyl (C=S) groups is 1. The van der Waals surface area contributed by atoms with E-state index in [0.29, 0.717) is 30.5 Å². The molecule has 1 aliphatic heterocycles. The van der Waals surface area contributed by atoms with E-state index in [1.807, 2.05) is 6.07 Å². The molecule has 2 heterocycles. The lowest BCUT2D eigenvalue weighted by molar-refractivity contribution is -0.138. The van der Waals surface area contributed by atoms with Gasteiger partial charge < -0.3 is 10.6 Å². The van der Waals surface area contributed by atoms with Gasteiger partial charge in [-0.15, -0.1) is 0 Å². The molecule has 33 heavy (non-hydrogen) atoms. The summed E-state index contributed by atoms with van der Waals surface area (Å²) in [7, 11) is 0. The van der Waals surface area contributed by atoms with E-state index in [2.05, 4.69) is 4.98 Å². The predicted octanol–water partition coefficient (Wildman–Crippen LogP) is 3.75. The summed E-state index contributed by atoms with van der Waals surface area (Å²) in [4.78, 5) is 32.0. The minimum absolute atomic E-state index is 0.00802. The summed E-state index contributed by atoms with van der Waals surface area (Å²) in [5.41, 5.74) is 3.18. The maximum absolute atomic E-state index is 13.9. The lowest BCUT2D eigenvalue weighted by Gasteiger charge is -2.43. The second kappa shape index (κ2) is 7.52. The number of nitrogens with zero attached hydrogens (tertiary/aromatic N) is 4. The number of benzene rings is 1. The number of carbonyl (C=O) groups excluding carboxylic acids is 2. The summed E-state index contributed by atoms with van der Waals surface area (Å²) in [6.45, 7) is 2.90. The first-order chi connectivity index (χ1) is 15.4. The van der Waals surface area contributed by atoms with Gasteiger partial charge in [-0.2, -0.15) is 18.4 Å². The second-order valence-electron chi connectivity index (χ2n) is 8.11. The van der Waals surface area contributed by atoms with Crippen LogP contribution >= 0.6 is 12.2 Å². The van der Waals surface area contributed by atoms with Gasteiger partial charge in [0.25, 0.3) is 5.91 Å². The Labute approximate surface area is 192 Å². The number of nitriles is 1. The third-order valence-electron chi connectivity index (χ3n) is 6.25. The number of aromatic nitrogens is 1. The van der Waals surface area contributed by atoms with Gasteiger partial charge >= 0.3 is 6.18 Å². The fourth-order valence-corrected chi connectivity index (χ4v) is 4.96. The largest absolute Gasteiger partial charge is 0.417 e. The van der Waals surface area contributed by atoms with Crippen LogP contribution in [0.5, 0.6) is 0 Å². The van der Waals surface area contributed by atoms with Gasteiger partial charge in [0, 0.05) is 5.69 Å². The van der Waals surface area contributed by atoms with Crippen LogP contribution in [0.1, 0.15) is 52.0 Å². The van der Waals surface area contributed by atoms with Gasteiger partial charge in [-0.05, 0) is 74.7 Å². The SMILES string of the molecule is Cc1cc(N2C(=O)C3(CCC3)N(c3ccc(C(N)=O)c(C(F)(F)F)c3C)C2=S)cnc1C#N. The van der Waals surface area contributed by atoms with E-state index in [4.69, 9.17) is 23.2 Å². The molecule has 1 saturated heterocycles. The molecule has 0 radical (unpaired) electrons. The standard InChI is InChI=1S/C22H18F3N5O2S/c1-11-8-13(10-28-15(11)9-26)29-19(32)21(6-3-7-21)30(20(29)33)16-5-4-14(18(27)31)17(12(16)2)22(23,24)25/h4-5,8,10H,3,6-7H2,1-2H3,(H2,27,31). The Morgan fingerprint density at radius 2 is 1.97 bits per heavy atom. The second-order valence-corrected chi connectivity index (χ2v) is 8.47. The monoisotopic (exact) mass is 473 g/mol. The molecule has 170 valence electrons. The topological polar surface area (TPSA) is 103 Å². The molecule has 2 N–H and O–H groups in total. The van der Waals surface area contributed by atoms with Crippen LogP contribution in [0.15, 0.2) is 24.4 Å². The quantitative estimate of drug-likeness (QED) is 0.681. The first-order valence-corrected chi connectivity index (χ1v) is 10.4. The van der Waals surface area contributed by atoms with Gasteiger partial charge in [0.2, 0.25) is 5.91 Å². The minimum Gasteiger partial charge on any atom is -0.366 e. The molecule has 2 amide bonds. The van der Waals surface area contributed by atoms with Crippen LogP contribution in [0.25, 0.3) is 0 Å². The van der Waals surface area contributed by atoms with Crippen molar-refractivity contribution in [2.24, 2.45) is 5.73 Å². The molecular formula is C22H18F3N5O2S. The first kappa shape index (κ1) is 22.7. The highest BCUT2D eigenvalue weighted by Crippen LogP contribution is 2.50. The van der Waals surface area contributed by atoms with Gasteiger partial charge in [-0.25, -0.2) is 4.98 Å². The van der Waals surface area contributed by atoms with Crippen LogP contribution in [0.4, 0.5) is 24.5 Å². The van der Waals surface area contributed by atoms with Crippen molar-refractivity contribution in [2.45, 2.75) is 44.8 Å². The zero-order chi connectivity index (χ0) is 24.3. The van der Waals surface area contributed by atoms with Crippen molar-refractivity contribution >= 4 is 40.5 Å². The first-order valence-electron chi connectivity index (χ1n) is 10.00. The van der Waals surface area contributed by atoms with Crippen molar-refractivity contribution in [1.82, 2.24) is 4.98 Å². The Kier molecular flexibility index (Phi) is 5.16. The number of hydrogen-bond acceptors (Lipinski definition) is 5. The molecule has 1 saturated carbocycles. The van der Waals surface area contributed by atoms with Gasteiger partial charge in [-0.3, -0.25) is 14.5 Å². The van der Waals surface area contributed by atoms with Gasteiger partial charge in [0.05, 0.1) is 23.0 Å². The molecule has 0 bridgehead atoms. The molecule has 4 rings (SSSR count). The van der Waals surface area contributed by atoms with Crippen molar-refractivity contribution in [3.05, 3.63) is 52.3 Å². The van der Waals surface area contributed by atoms with Crippen LogP contribution in [0, 0.1) is 25.2 Å². The summed E-state index contributed by atoms with van der Waals surface area (Å²) < 4.78 is 41.7. The smallest absolute Gasteiger partial charge is 0.366 e. The fourth-order valence-electron chi connectivity index (χ4n) is 4.50. The Morgan fingerprint density at radius 3 is 2.45 bits per heavy atom. The molecule has 7 nitrogen and oxygen atoms in total. The molecule has 2 fully saturated rings. The summed E-state index contributed by atoms with van der Waals surface area (Å²) in [6, 6.07) is 5.90. The summed E-state index contributed by atoms with van der Waals surface area (Å²) in [6.07, 6.45) is -1.98. The summed E-state index contributed by atoms with van der Waals surface area (Å²) >= 11 is 5.60. The Morgan fingerprint density at radius 1 is 1.30 bits per heavy atom. The highest BCUT2D eigenvalue weighted by molar-refractivity contribution is 7.81. The van der Waals surface area contributed by atoms with Crippen LogP contribution in [0.3, 0.4) is 0 Å². The highest BCUT2D eigenvalue weighted by atomic mass is 32.1. The fraction of sp³-hybridized carbons (Fsp3) is 0.318. The maximum atomic E-state index is 13.9. The van der Waals surface area contributed by atoms with Crippen molar-refractivity contribution < 1.29 is 22.8 Å². The van der Waals surface area contributed by atoms with Crippen LogP contribution in [0.2, 0.25) is 0 Å². The van der Waals surface area contributed by atoms with E-state index in [1.54, 1.807) is 13.0 Å². The molecular weight excluding hydrogens is 455 g/mol. The summed E-state index contributed by atoms with van der Waals surface area (Å²) in [5.74, 6) is -1.56. The van der Waals surface area contributed by atoms with E-state index in [9.17, 15) is 22.8 Å². The number of primary amides is 1. The Balaban J connectivity index is 1.89. The average molecular weight is 473 g/mol. The van der Waals surface area contributed by atoms with Crippen molar-refractivity contribution in [3.8, 4) is 6.07 Å². The Bertz CT molecular complexity index is 1260. The van der Waals surface area contributed by atoms with Crippen molar-refractivity contribution in [2.75, 3.05) is 9.80 Å². The molecule has 1 aromatic heterocycles. The normalized spacial score (nSPS) is 17.3. The third-order valence-corrected chi connectivity index (χ3v) is 6.61.